The van der Waals surface area contributed by atoms with Gasteiger partial charge in [0.05, 0.1) is 14.1 Å². The number of halogens is 1. The molecule has 0 aliphatic carbocycles. The summed E-state index contributed by atoms with van der Waals surface area (Å²) in [5.41, 5.74) is 1.22. The van der Waals surface area contributed by atoms with Crippen LogP contribution in [0.15, 0.2) is 43.0 Å². The molecule has 0 N–H and O–H groups in total. The first-order valence-electron chi connectivity index (χ1n) is 5.65. The van der Waals surface area contributed by atoms with Gasteiger partial charge in [0.15, 0.2) is 0 Å². The number of carbonyl (C=O) groups excluding carboxylic acids is 1. The number of nitrogens with zero attached hydrogens (tertiary/aromatic N) is 1. The molecular formula is C14H20ClNO2. The van der Waals surface area contributed by atoms with Crippen LogP contribution < -0.4 is 12.4 Å². The van der Waals surface area contributed by atoms with Crippen LogP contribution in [0.1, 0.15) is 12.5 Å². The Balaban J connectivity index is 0.00000289. The molecule has 0 radical (unpaired) electrons. The predicted octanol–water partition coefficient (Wildman–Crippen LogP) is -0.658. The van der Waals surface area contributed by atoms with Gasteiger partial charge in [0, 0.05) is 18.6 Å². The van der Waals surface area contributed by atoms with Gasteiger partial charge < -0.3 is 17.1 Å². The fourth-order valence-corrected chi connectivity index (χ4v) is 1.54. The normalized spacial score (nSPS) is 12.2. The van der Waals surface area contributed by atoms with E-state index in [0.29, 0.717) is 4.48 Å². The Kier molecular flexibility index (Phi) is 6.66. The van der Waals surface area contributed by atoms with E-state index >= 15 is 0 Å². The van der Waals surface area contributed by atoms with Crippen LogP contribution in [0.5, 0.6) is 0 Å². The van der Waals surface area contributed by atoms with Crippen LogP contribution in [-0.2, 0) is 16.1 Å². The smallest absolute Gasteiger partial charge is 0.334 e. The van der Waals surface area contributed by atoms with Crippen LogP contribution >= 0.6 is 0 Å². The summed E-state index contributed by atoms with van der Waals surface area (Å²) in [4.78, 5) is 11.2. The quantitative estimate of drug-likeness (QED) is 0.307. The van der Waals surface area contributed by atoms with Gasteiger partial charge in [-0.1, -0.05) is 36.9 Å². The lowest BCUT2D eigenvalue weighted by molar-refractivity contribution is -0.945. The Bertz CT molecular complexity index is 390. The molecule has 100 valence electrons. The zero-order chi connectivity index (χ0) is 12.9. The van der Waals surface area contributed by atoms with E-state index in [0.717, 1.165) is 6.54 Å². The summed E-state index contributed by atoms with van der Waals surface area (Å²) in [6.45, 7) is 6.10. The van der Waals surface area contributed by atoms with Gasteiger partial charge in [0.25, 0.3) is 0 Å². The van der Waals surface area contributed by atoms with Crippen LogP contribution in [-0.4, -0.2) is 30.8 Å². The molecule has 1 rings (SSSR count). The van der Waals surface area contributed by atoms with Crippen molar-refractivity contribution in [2.75, 3.05) is 14.1 Å². The van der Waals surface area contributed by atoms with E-state index in [1.54, 1.807) is 0 Å². The molecule has 4 heteroatoms. The number of benzene rings is 1. The van der Waals surface area contributed by atoms with E-state index in [1.165, 1.54) is 11.6 Å². The maximum atomic E-state index is 11.2. The minimum absolute atomic E-state index is 0. The Morgan fingerprint density at radius 3 is 2.44 bits per heavy atom. The third-order valence-corrected chi connectivity index (χ3v) is 2.87. The van der Waals surface area contributed by atoms with Gasteiger partial charge in [-0.3, -0.25) is 4.48 Å². The molecule has 1 unspecified atom stereocenters. The average molecular weight is 270 g/mol. The first kappa shape index (κ1) is 16.7. The third-order valence-electron chi connectivity index (χ3n) is 2.87. The van der Waals surface area contributed by atoms with Crippen LogP contribution in [0.4, 0.5) is 0 Å². The van der Waals surface area contributed by atoms with Gasteiger partial charge in [-0.2, -0.15) is 0 Å². The summed E-state index contributed by atoms with van der Waals surface area (Å²) in [7, 11) is 4.07. The summed E-state index contributed by atoms with van der Waals surface area (Å²) in [5, 5.41) is 0. The van der Waals surface area contributed by atoms with E-state index in [2.05, 4.69) is 18.7 Å². The minimum atomic E-state index is -0.378. The maximum absolute atomic E-state index is 11.2. The average Bonchev–Trinajstić information content (AvgIpc) is 2.29. The first-order chi connectivity index (χ1) is 7.95. The molecule has 0 fully saturated rings. The molecule has 0 heterocycles. The Labute approximate surface area is 115 Å². The molecule has 1 aromatic rings. The second-order valence-corrected chi connectivity index (χ2v) is 4.66. The van der Waals surface area contributed by atoms with Crippen LogP contribution in [0.2, 0.25) is 0 Å². The number of hydrogen-bond donors (Lipinski definition) is 0. The third kappa shape index (κ3) is 4.90. The van der Waals surface area contributed by atoms with Crippen LogP contribution in [0.25, 0.3) is 0 Å². The van der Waals surface area contributed by atoms with E-state index < -0.39 is 0 Å². The lowest BCUT2D eigenvalue weighted by Crippen LogP contribution is -3.00. The highest BCUT2D eigenvalue weighted by Crippen LogP contribution is 2.14. The number of hydrogen-bond acceptors (Lipinski definition) is 2. The molecule has 0 aliphatic rings. The summed E-state index contributed by atoms with van der Waals surface area (Å²) in [6.07, 6.45) is 0.986. The number of ether oxygens (including phenoxy) is 1. The number of esters is 1. The van der Waals surface area contributed by atoms with Crippen molar-refractivity contribution in [2.45, 2.75) is 19.7 Å². The van der Waals surface area contributed by atoms with Crippen molar-refractivity contribution in [3.63, 3.8) is 0 Å². The van der Waals surface area contributed by atoms with Crippen molar-refractivity contribution in [3.8, 4) is 0 Å². The lowest BCUT2D eigenvalue weighted by Gasteiger charge is -2.34. The molecule has 1 atom stereocenters. The number of quaternary nitrogens is 1. The molecular weight excluding hydrogens is 250 g/mol. The largest absolute Gasteiger partial charge is 1.00 e. The monoisotopic (exact) mass is 269 g/mol. The van der Waals surface area contributed by atoms with Crippen molar-refractivity contribution in [3.05, 3.63) is 48.6 Å². The lowest BCUT2D eigenvalue weighted by atomic mass is 10.2. The van der Waals surface area contributed by atoms with Gasteiger partial charge in [-0.15, -0.1) is 0 Å². The van der Waals surface area contributed by atoms with Gasteiger partial charge >= 0.3 is 5.97 Å². The van der Waals surface area contributed by atoms with Crippen molar-refractivity contribution in [1.29, 1.82) is 0 Å². The Morgan fingerprint density at radius 1 is 1.39 bits per heavy atom. The van der Waals surface area contributed by atoms with E-state index in [4.69, 9.17) is 4.74 Å². The summed E-state index contributed by atoms with van der Waals surface area (Å²) in [5.74, 6) is -0.378. The summed E-state index contributed by atoms with van der Waals surface area (Å²) >= 11 is 0. The fraction of sp³-hybridized carbons (Fsp3) is 0.357. The van der Waals surface area contributed by atoms with Gasteiger partial charge in [0.1, 0.15) is 6.54 Å². The van der Waals surface area contributed by atoms with E-state index in [1.807, 2.05) is 39.2 Å². The fourth-order valence-electron chi connectivity index (χ4n) is 1.54. The zero-order valence-corrected chi connectivity index (χ0v) is 11.9. The van der Waals surface area contributed by atoms with Gasteiger partial charge in [-0.25, -0.2) is 4.79 Å². The highest BCUT2D eigenvalue weighted by atomic mass is 35.5. The summed E-state index contributed by atoms with van der Waals surface area (Å²) < 4.78 is 5.84. The molecule has 18 heavy (non-hydrogen) atoms. The number of carbonyl (C=O) groups is 1. The highest BCUT2D eigenvalue weighted by molar-refractivity contribution is 5.81. The molecule has 1 aromatic carbocycles. The highest BCUT2D eigenvalue weighted by Gasteiger charge is 2.26. The van der Waals surface area contributed by atoms with E-state index in [-0.39, 0.29) is 24.6 Å². The molecule has 0 spiro atoms. The summed E-state index contributed by atoms with van der Waals surface area (Å²) in [6, 6.07) is 10.2. The zero-order valence-electron chi connectivity index (χ0n) is 11.1. The van der Waals surface area contributed by atoms with Crippen molar-refractivity contribution in [2.24, 2.45) is 0 Å². The maximum Gasteiger partial charge on any atom is 0.334 e. The van der Waals surface area contributed by atoms with Crippen molar-refractivity contribution in [1.82, 2.24) is 0 Å². The molecule has 0 saturated carbocycles. The molecule has 0 aliphatic heterocycles. The van der Waals surface area contributed by atoms with Crippen LogP contribution in [0, 0.1) is 0 Å². The number of rotatable bonds is 5. The minimum Gasteiger partial charge on any atom is -1.00 e. The molecule has 0 saturated heterocycles. The standard InChI is InChI=1S/C14H20NO2.ClH/c1-5-14(16)17-12(2)15(3,4)11-13-9-7-6-8-10-13;/h5-10,12H,1,11H2,2-4H3;1H/q+1;/p-1. The van der Waals surface area contributed by atoms with E-state index in [9.17, 15) is 4.79 Å². The molecule has 0 amide bonds. The van der Waals surface area contributed by atoms with Crippen molar-refractivity contribution >= 4 is 5.97 Å². The second kappa shape index (κ2) is 7.19. The van der Waals surface area contributed by atoms with Crippen LogP contribution in [0.3, 0.4) is 0 Å². The first-order valence-corrected chi connectivity index (χ1v) is 5.65. The molecule has 3 nitrogen and oxygen atoms in total. The van der Waals surface area contributed by atoms with Crippen molar-refractivity contribution < 1.29 is 26.4 Å². The Hall–Kier alpha value is -1.32. The SMILES string of the molecule is C=CC(=O)OC(C)[N+](C)(C)Cc1ccccc1.[Cl-]. The van der Waals surface area contributed by atoms with Gasteiger partial charge in [-0.05, 0) is 0 Å². The Morgan fingerprint density at radius 2 is 1.94 bits per heavy atom. The second-order valence-electron chi connectivity index (χ2n) is 4.66. The van der Waals surface area contributed by atoms with Gasteiger partial charge in [0.2, 0.25) is 6.23 Å². The predicted molar refractivity (Wildman–Crippen MR) is 68.0 cm³/mol. The molecule has 0 aromatic heterocycles. The molecule has 0 bridgehead atoms. The topological polar surface area (TPSA) is 26.3 Å².